The first-order chi connectivity index (χ1) is 7.72. The van der Waals surface area contributed by atoms with Crippen molar-refractivity contribution in [3.8, 4) is 17.0 Å². The number of aromatic nitrogens is 1. The van der Waals surface area contributed by atoms with Crippen LogP contribution in [0, 0.1) is 6.92 Å². The number of methoxy groups -OCH3 is 1. The minimum Gasteiger partial charge on any atom is -0.496 e. The Morgan fingerprint density at radius 3 is 2.69 bits per heavy atom. The fourth-order valence-electron chi connectivity index (χ4n) is 1.62. The van der Waals surface area contributed by atoms with Crippen molar-refractivity contribution < 1.29 is 4.74 Å². The van der Waals surface area contributed by atoms with Gasteiger partial charge in [0.15, 0.2) is 0 Å². The topological polar surface area (TPSA) is 22.1 Å². The molecule has 0 aliphatic rings. The number of benzene rings is 1. The van der Waals surface area contributed by atoms with Crippen molar-refractivity contribution in [3.05, 3.63) is 46.6 Å². The van der Waals surface area contributed by atoms with Crippen LogP contribution in [0.5, 0.6) is 5.75 Å². The van der Waals surface area contributed by atoms with Crippen LogP contribution in [0.2, 0.25) is 0 Å². The number of pyridine rings is 1. The van der Waals surface area contributed by atoms with Crippen LogP contribution in [0.3, 0.4) is 0 Å². The van der Waals surface area contributed by atoms with Gasteiger partial charge in [0, 0.05) is 16.2 Å². The molecule has 1 heterocycles. The molecule has 2 aromatic rings. The highest BCUT2D eigenvalue weighted by Gasteiger charge is 2.06. The molecule has 0 unspecified atom stereocenters. The van der Waals surface area contributed by atoms with Gasteiger partial charge >= 0.3 is 0 Å². The zero-order valence-corrected chi connectivity index (χ0v) is 10.8. The molecule has 0 N–H and O–H groups in total. The lowest BCUT2D eigenvalue weighted by atomic mass is 10.1. The standard InChI is InChI=1S/C13H12BrNO/c1-9-8-10(5-6-12(9)16-2)13-11(14)4-3-7-15-13/h3-8H,1-2H3. The fraction of sp³-hybridized carbons (Fsp3) is 0.154. The Morgan fingerprint density at radius 1 is 1.25 bits per heavy atom. The Balaban J connectivity index is 2.50. The van der Waals surface area contributed by atoms with E-state index < -0.39 is 0 Å². The summed E-state index contributed by atoms with van der Waals surface area (Å²) in [6, 6.07) is 9.95. The minimum absolute atomic E-state index is 0.899. The monoisotopic (exact) mass is 277 g/mol. The summed E-state index contributed by atoms with van der Waals surface area (Å²) < 4.78 is 6.23. The van der Waals surface area contributed by atoms with Gasteiger partial charge in [0.05, 0.1) is 12.8 Å². The van der Waals surface area contributed by atoms with Crippen molar-refractivity contribution in [1.29, 1.82) is 0 Å². The van der Waals surface area contributed by atoms with E-state index in [-0.39, 0.29) is 0 Å². The molecule has 0 aliphatic carbocycles. The van der Waals surface area contributed by atoms with Crippen molar-refractivity contribution >= 4 is 15.9 Å². The molecule has 0 radical (unpaired) electrons. The second-order valence-corrected chi connectivity index (χ2v) is 4.37. The highest BCUT2D eigenvalue weighted by atomic mass is 79.9. The summed E-state index contributed by atoms with van der Waals surface area (Å²) in [5, 5.41) is 0. The van der Waals surface area contributed by atoms with Crippen molar-refractivity contribution in [2.24, 2.45) is 0 Å². The van der Waals surface area contributed by atoms with Gasteiger partial charge in [-0.15, -0.1) is 0 Å². The lowest BCUT2D eigenvalue weighted by Crippen LogP contribution is -1.89. The van der Waals surface area contributed by atoms with E-state index in [0.717, 1.165) is 27.0 Å². The second-order valence-electron chi connectivity index (χ2n) is 3.52. The van der Waals surface area contributed by atoms with Crippen LogP contribution >= 0.6 is 15.9 Å². The Hall–Kier alpha value is -1.35. The van der Waals surface area contributed by atoms with E-state index in [9.17, 15) is 0 Å². The molecule has 2 rings (SSSR count). The molecule has 82 valence electrons. The molecule has 0 aliphatic heterocycles. The highest BCUT2D eigenvalue weighted by Crippen LogP contribution is 2.29. The molecule has 0 saturated carbocycles. The Labute approximate surface area is 103 Å². The van der Waals surface area contributed by atoms with Crippen LogP contribution < -0.4 is 4.74 Å². The van der Waals surface area contributed by atoms with Crippen molar-refractivity contribution in [2.45, 2.75) is 6.92 Å². The summed E-state index contributed by atoms with van der Waals surface area (Å²) in [6.45, 7) is 2.03. The number of hydrogen-bond donors (Lipinski definition) is 0. The molecule has 3 heteroatoms. The summed E-state index contributed by atoms with van der Waals surface area (Å²) in [7, 11) is 1.68. The maximum Gasteiger partial charge on any atom is 0.121 e. The quantitative estimate of drug-likeness (QED) is 0.833. The average molecular weight is 278 g/mol. The molecule has 1 aromatic carbocycles. The van der Waals surface area contributed by atoms with Crippen LogP contribution in [0.1, 0.15) is 5.56 Å². The molecule has 0 saturated heterocycles. The minimum atomic E-state index is 0.899. The van der Waals surface area contributed by atoms with Gasteiger partial charge in [0.2, 0.25) is 0 Å². The zero-order chi connectivity index (χ0) is 11.5. The normalized spacial score (nSPS) is 10.2. The molecule has 0 amide bonds. The first kappa shape index (κ1) is 11.1. The fourth-order valence-corrected chi connectivity index (χ4v) is 2.11. The van der Waals surface area contributed by atoms with E-state index >= 15 is 0 Å². The summed E-state index contributed by atoms with van der Waals surface area (Å²) >= 11 is 3.50. The Bertz CT molecular complexity index is 511. The predicted molar refractivity (Wildman–Crippen MR) is 68.7 cm³/mol. The second kappa shape index (κ2) is 4.66. The van der Waals surface area contributed by atoms with E-state index in [1.54, 1.807) is 13.3 Å². The smallest absolute Gasteiger partial charge is 0.121 e. The van der Waals surface area contributed by atoms with Gasteiger partial charge in [-0.1, -0.05) is 0 Å². The van der Waals surface area contributed by atoms with Crippen LogP contribution in [-0.2, 0) is 0 Å². The van der Waals surface area contributed by atoms with Crippen molar-refractivity contribution in [2.75, 3.05) is 7.11 Å². The molecular formula is C13H12BrNO. The van der Waals surface area contributed by atoms with Gasteiger partial charge in [-0.05, 0) is 58.7 Å². The number of nitrogens with zero attached hydrogens (tertiary/aromatic N) is 1. The first-order valence-corrected chi connectivity index (χ1v) is 5.77. The van der Waals surface area contributed by atoms with E-state index in [2.05, 4.69) is 27.0 Å². The van der Waals surface area contributed by atoms with Gasteiger partial charge < -0.3 is 4.74 Å². The SMILES string of the molecule is COc1ccc(-c2ncccc2Br)cc1C. The zero-order valence-electron chi connectivity index (χ0n) is 9.20. The van der Waals surface area contributed by atoms with Crippen LogP contribution in [0.4, 0.5) is 0 Å². The Morgan fingerprint density at radius 2 is 2.06 bits per heavy atom. The molecule has 2 nitrogen and oxygen atoms in total. The van der Waals surface area contributed by atoms with Gasteiger partial charge in [0.25, 0.3) is 0 Å². The van der Waals surface area contributed by atoms with Crippen molar-refractivity contribution in [1.82, 2.24) is 4.98 Å². The molecular weight excluding hydrogens is 266 g/mol. The first-order valence-electron chi connectivity index (χ1n) is 4.98. The van der Waals surface area contributed by atoms with E-state index in [4.69, 9.17) is 4.74 Å². The summed E-state index contributed by atoms with van der Waals surface area (Å²) in [4.78, 5) is 4.36. The van der Waals surface area contributed by atoms with Gasteiger partial charge in [-0.2, -0.15) is 0 Å². The van der Waals surface area contributed by atoms with Gasteiger partial charge in [-0.25, -0.2) is 0 Å². The third-order valence-electron chi connectivity index (χ3n) is 2.43. The molecule has 16 heavy (non-hydrogen) atoms. The molecule has 0 atom stereocenters. The summed E-state index contributed by atoms with van der Waals surface area (Å²) in [5.41, 5.74) is 3.15. The van der Waals surface area contributed by atoms with Crippen LogP contribution in [-0.4, -0.2) is 12.1 Å². The predicted octanol–water partition coefficient (Wildman–Crippen LogP) is 3.83. The van der Waals surface area contributed by atoms with Crippen LogP contribution in [0.15, 0.2) is 41.0 Å². The lowest BCUT2D eigenvalue weighted by molar-refractivity contribution is 0.412. The molecule has 0 spiro atoms. The number of halogens is 1. The van der Waals surface area contributed by atoms with E-state index in [1.165, 1.54) is 0 Å². The van der Waals surface area contributed by atoms with Gasteiger partial charge in [0.1, 0.15) is 5.75 Å². The third-order valence-corrected chi connectivity index (χ3v) is 3.07. The van der Waals surface area contributed by atoms with E-state index in [0.29, 0.717) is 0 Å². The largest absolute Gasteiger partial charge is 0.496 e. The molecule has 1 aromatic heterocycles. The van der Waals surface area contributed by atoms with E-state index in [1.807, 2.05) is 31.2 Å². The number of rotatable bonds is 2. The lowest BCUT2D eigenvalue weighted by Gasteiger charge is -2.08. The molecule has 0 bridgehead atoms. The van der Waals surface area contributed by atoms with Crippen molar-refractivity contribution in [3.63, 3.8) is 0 Å². The number of hydrogen-bond acceptors (Lipinski definition) is 2. The van der Waals surface area contributed by atoms with Crippen LogP contribution in [0.25, 0.3) is 11.3 Å². The maximum absolute atomic E-state index is 5.23. The molecule has 0 fully saturated rings. The highest BCUT2D eigenvalue weighted by molar-refractivity contribution is 9.10. The average Bonchev–Trinajstić information content (AvgIpc) is 2.29. The number of aryl methyl sites for hydroxylation is 1. The summed E-state index contributed by atoms with van der Waals surface area (Å²) in [5.74, 6) is 0.899. The maximum atomic E-state index is 5.23. The summed E-state index contributed by atoms with van der Waals surface area (Å²) in [6.07, 6.45) is 1.79. The van der Waals surface area contributed by atoms with Gasteiger partial charge in [-0.3, -0.25) is 4.98 Å². The Kier molecular flexibility index (Phi) is 3.25. The third kappa shape index (κ3) is 2.09. The number of ether oxygens (including phenoxy) is 1.